The summed E-state index contributed by atoms with van der Waals surface area (Å²) in [5.41, 5.74) is 13.0. The molecule has 0 aromatic heterocycles. The monoisotopic (exact) mass is 496 g/mol. The molecule has 3 aromatic rings. The molecule has 3 rings (SSSR count). The van der Waals surface area contributed by atoms with Crippen LogP contribution in [0.25, 0.3) is 11.1 Å². The lowest BCUT2D eigenvalue weighted by molar-refractivity contribution is -0.123. The van der Waals surface area contributed by atoms with Crippen molar-refractivity contribution in [1.29, 1.82) is 5.41 Å². The van der Waals surface area contributed by atoms with E-state index in [-0.39, 0.29) is 5.91 Å². The van der Waals surface area contributed by atoms with E-state index < -0.39 is 0 Å². The van der Waals surface area contributed by atoms with Gasteiger partial charge >= 0.3 is 0 Å². The average Bonchev–Trinajstić information content (AvgIpc) is 2.92. The Labute approximate surface area is 220 Å². The SMILES string of the molecule is CC/C(=C(/c1ccc(OCCNC/C=C\C(=O)N(C)C)cc1)c1ccc(N)c(C=N)c1)c1ccccc1. The molecule has 0 heterocycles. The Kier molecular flexibility index (Phi) is 10.2. The molecule has 0 atom stereocenters. The summed E-state index contributed by atoms with van der Waals surface area (Å²) in [6.07, 6.45) is 5.52. The van der Waals surface area contributed by atoms with Crippen LogP contribution in [0.15, 0.2) is 84.9 Å². The zero-order valence-electron chi connectivity index (χ0n) is 21.8. The number of anilines is 1. The van der Waals surface area contributed by atoms with Crippen LogP contribution in [0.2, 0.25) is 0 Å². The second-order valence-corrected chi connectivity index (χ2v) is 8.77. The molecule has 0 aliphatic carbocycles. The van der Waals surface area contributed by atoms with E-state index in [1.807, 2.05) is 42.5 Å². The minimum absolute atomic E-state index is 0.0296. The molecule has 4 N–H and O–H groups in total. The van der Waals surface area contributed by atoms with E-state index in [1.165, 1.54) is 22.3 Å². The van der Waals surface area contributed by atoms with Crippen molar-refractivity contribution in [2.75, 3.05) is 39.5 Å². The average molecular weight is 497 g/mol. The first kappa shape index (κ1) is 27.4. The van der Waals surface area contributed by atoms with Gasteiger partial charge in [-0.15, -0.1) is 0 Å². The van der Waals surface area contributed by atoms with E-state index in [2.05, 4.69) is 48.6 Å². The predicted molar refractivity (Wildman–Crippen MR) is 154 cm³/mol. The number of nitrogens with zero attached hydrogens (tertiary/aromatic N) is 1. The molecule has 6 heteroatoms. The van der Waals surface area contributed by atoms with Crippen molar-refractivity contribution < 1.29 is 9.53 Å². The Morgan fingerprint density at radius 1 is 1.00 bits per heavy atom. The number of ether oxygens (including phenoxy) is 1. The van der Waals surface area contributed by atoms with Crippen molar-refractivity contribution in [2.24, 2.45) is 0 Å². The molecule has 192 valence electrons. The molecule has 0 unspecified atom stereocenters. The second-order valence-electron chi connectivity index (χ2n) is 8.77. The fourth-order valence-electron chi connectivity index (χ4n) is 3.99. The number of amides is 1. The Morgan fingerprint density at radius 3 is 2.35 bits per heavy atom. The largest absolute Gasteiger partial charge is 0.492 e. The minimum atomic E-state index is -0.0296. The zero-order valence-corrected chi connectivity index (χ0v) is 21.8. The molecule has 37 heavy (non-hydrogen) atoms. The topological polar surface area (TPSA) is 91.4 Å². The molecule has 0 saturated heterocycles. The van der Waals surface area contributed by atoms with E-state index in [9.17, 15) is 4.79 Å². The van der Waals surface area contributed by atoms with E-state index in [4.69, 9.17) is 15.9 Å². The Morgan fingerprint density at radius 2 is 1.70 bits per heavy atom. The van der Waals surface area contributed by atoms with Crippen molar-refractivity contribution in [3.05, 3.63) is 107 Å². The van der Waals surface area contributed by atoms with Crippen LogP contribution in [-0.4, -0.2) is 50.8 Å². The first-order chi connectivity index (χ1) is 17.9. The van der Waals surface area contributed by atoms with Crippen LogP contribution in [0.1, 0.15) is 35.6 Å². The van der Waals surface area contributed by atoms with Gasteiger partial charge in [0.05, 0.1) is 0 Å². The van der Waals surface area contributed by atoms with Gasteiger partial charge in [-0.05, 0) is 58.5 Å². The smallest absolute Gasteiger partial charge is 0.245 e. The number of carbonyl (C=O) groups is 1. The summed E-state index contributed by atoms with van der Waals surface area (Å²) in [6.45, 7) is 3.95. The van der Waals surface area contributed by atoms with Gasteiger partial charge in [-0.25, -0.2) is 0 Å². The van der Waals surface area contributed by atoms with Crippen LogP contribution in [0.3, 0.4) is 0 Å². The molecule has 0 saturated carbocycles. The van der Waals surface area contributed by atoms with Gasteiger partial charge in [-0.2, -0.15) is 0 Å². The molecule has 0 aliphatic rings. The van der Waals surface area contributed by atoms with Gasteiger partial charge in [-0.3, -0.25) is 4.79 Å². The molecule has 1 amide bonds. The first-order valence-corrected chi connectivity index (χ1v) is 12.4. The highest BCUT2D eigenvalue weighted by Gasteiger charge is 2.14. The molecule has 3 aromatic carbocycles. The highest BCUT2D eigenvalue weighted by molar-refractivity contribution is 6.00. The molecule has 0 spiro atoms. The molecular formula is C31H36N4O2. The number of hydrogen-bond acceptors (Lipinski definition) is 5. The lowest BCUT2D eigenvalue weighted by Gasteiger charge is -2.18. The molecule has 6 nitrogen and oxygen atoms in total. The fourth-order valence-corrected chi connectivity index (χ4v) is 3.99. The van der Waals surface area contributed by atoms with Gasteiger partial charge in [0, 0.05) is 50.7 Å². The van der Waals surface area contributed by atoms with Gasteiger partial charge in [-0.1, -0.05) is 61.5 Å². The minimum Gasteiger partial charge on any atom is -0.492 e. The van der Waals surface area contributed by atoms with Gasteiger partial charge in [0.1, 0.15) is 12.4 Å². The molecule has 0 aliphatic heterocycles. The summed E-state index contributed by atoms with van der Waals surface area (Å²) in [4.78, 5) is 13.1. The number of likely N-dealkylation sites (N-methyl/N-ethyl adjacent to an activating group) is 1. The molecule has 0 bridgehead atoms. The van der Waals surface area contributed by atoms with Crippen molar-refractivity contribution >= 4 is 29.0 Å². The third-order valence-electron chi connectivity index (χ3n) is 5.96. The highest BCUT2D eigenvalue weighted by Crippen LogP contribution is 2.35. The van der Waals surface area contributed by atoms with Crippen LogP contribution >= 0.6 is 0 Å². The van der Waals surface area contributed by atoms with Crippen LogP contribution in [0, 0.1) is 5.41 Å². The number of allylic oxidation sites excluding steroid dienone is 1. The Bertz CT molecular complexity index is 1250. The molecular weight excluding hydrogens is 460 g/mol. The molecule has 0 radical (unpaired) electrons. The van der Waals surface area contributed by atoms with E-state index in [0.717, 1.165) is 28.9 Å². The Balaban J connectivity index is 1.78. The first-order valence-electron chi connectivity index (χ1n) is 12.4. The van der Waals surface area contributed by atoms with Gasteiger partial charge < -0.3 is 26.1 Å². The summed E-state index contributed by atoms with van der Waals surface area (Å²) >= 11 is 0. The van der Waals surface area contributed by atoms with Gasteiger partial charge in [0.15, 0.2) is 0 Å². The number of rotatable bonds is 12. The summed E-state index contributed by atoms with van der Waals surface area (Å²) < 4.78 is 5.91. The summed E-state index contributed by atoms with van der Waals surface area (Å²) in [6, 6.07) is 24.4. The zero-order chi connectivity index (χ0) is 26.6. The van der Waals surface area contributed by atoms with Crippen molar-refractivity contribution in [1.82, 2.24) is 10.2 Å². The lowest BCUT2D eigenvalue weighted by atomic mass is 9.87. The fraction of sp³-hybridized carbons (Fsp3) is 0.226. The van der Waals surface area contributed by atoms with Crippen molar-refractivity contribution in [2.45, 2.75) is 13.3 Å². The van der Waals surface area contributed by atoms with Crippen molar-refractivity contribution in [3.8, 4) is 5.75 Å². The quantitative estimate of drug-likeness (QED) is 0.105. The van der Waals surface area contributed by atoms with Crippen LogP contribution in [0.5, 0.6) is 5.75 Å². The van der Waals surface area contributed by atoms with Gasteiger partial charge in [0.25, 0.3) is 0 Å². The number of carbonyl (C=O) groups excluding carboxylic acids is 1. The third kappa shape index (κ3) is 7.66. The van der Waals surface area contributed by atoms with Crippen LogP contribution in [-0.2, 0) is 4.79 Å². The molecule has 0 fully saturated rings. The Hall–Kier alpha value is -4.16. The van der Waals surface area contributed by atoms with E-state index in [1.54, 1.807) is 20.2 Å². The third-order valence-corrected chi connectivity index (χ3v) is 5.96. The summed E-state index contributed by atoms with van der Waals surface area (Å²) in [7, 11) is 3.46. The normalized spacial score (nSPS) is 11.8. The van der Waals surface area contributed by atoms with Crippen molar-refractivity contribution in [3.63, 3.8) is 0 Å². The maximum absolute atomic E-state index is 11.5. The number of nitrogens with two attached hydrogens (primary N) is 1. The van der Waals surface area contributed by atoms with Crippen LogP contribution < -0.4 is 15.8 Å². The second kappa shape index (κ2) is 13.8. The lowest BCUT2D eigenvalue weighted by Crippen LogP contribution is -2.22. The number of nitrogen functional groups attached to an aromatic ring is 1. The maximum atomic E-state index is 11.5. The number of nitrogens with one attached hydrogen (secondary N) is 2. The maximum Gasteiger partial charge on any atom is 0.245 e. The summed E-state index contributed by atoms with van der Waals surface area (Å²) in [5.74, 6) is 0.761. The van der Waals surface area contributed by atoms with Crippen LogP contribution in [0.4, 0.5) is 5.69 Å². The number of hydrogen-bond donors (Lipinski definition) is 3. The number of benzene rings is 3. The standard InChI is InChI=1S/C31H36N4O2/c1-4-28(23-9-6-5-7-10-23)31(25-14-17-29(33)26(21-25)22-32)24-12-15-27(16-13-24)37-20-19-34-18-8-11-30(36)35(2)3/h5-17,21-22,32,34H,4,18-20,33H2,1-3H3/b11-8-,31-28+,32-22?. The summed E-state index contributed by atoms with van der Waals surface area (Å²) in [5, 5.41) is 11.0. The highest BCUT2D eigenvalue weighted by atomic mass is 16.5. The predicted octanol–water partition coefficient (Wildman–Crippen LogP) is 5.25. The van der Waals surface area contributed by atoms with E-state index >= 15 is 0 Å². The van der Waals surface area contributed by atoms with Gasteiger partial charge in [0.2, 0.25) is 5.91 Å². The van der Waals surface area contributed by atoms with E-state index in [0.29, 0.717) is 30.9 Å².